The Balaban J connectivity index is 0.00000261. The van der Waals surface area contributed by atoms with E-state index in [-0.39, 0.29) is 35.8 Å². The molecule has 148 valence electrons. The average Bonchev–Trinajstić information content (AvgIpc) is 3.01. The fraction of sp³-hybridized carbons (Fsp3) is 0.412. The van der Waals surface area contributed by atoms with Gasteiger partial charge in [0.15, 0.2) is 9.84 Å². The van der Waals surface area contributed by atoms with E-state index in [1.54, 1.807) is 18.3 Å². The second-order valence-corrected chi connectivity index (χ2v) is 8.45. The molecule has 1 aliphatic rings. The Bertz CT molecular complexity index is 882. The number of benzene rings is 1. The van der Waals surface area contributed by atoms with Crippen molar-refractivity contribution in [1.82, 2.24) is 19.8 Å². The van der Waals surface area contributed by atoms with Crippen LogP contribution in [-0.4, -0.2) is 61.2 Å². The molecule has 1 atom stereocenters. The number of rotatable bonds is 5. The molecule has 1 aromatic carbocycles. The lowest BCUT2D eigenvalue weighted by Crippen LogP contribution is -2.49. The molecule has 2 heterocycles. The number of piperazine rings is 1. The van der Waals surface area contributed by atoms with Crippen molar-refractivity contribution in [2.24, 2.45) is 7.05 Å². The van der Waals surface area contributed by atoms with Crippen LogP contribution in [0.5, 0.6) is 0 Å². The van der Waals surface area contributed by atoms with Crippen LogP contribution in [0.25, 0.3) is 0 Å². The lowest BCUT2D eigenvalue weighted by Gasteiger charge is -2.35. The van der Waals surface area contributed by atoms with E-state index in [4.69, 9.17) is 0 Å². The second kappa shape index (κ2) is 8.83. The third kappa shape index (κ3) is 5.29. The van der Waals surface area contributed by atoms with Crippen LogP contribution >= 0.6 is 12.4 Å². The van der Waals surface area contributed by atoms with Gasteiger partial charge in [-0.25, -0.2) is 13.4 Å². The molecule has 3 rings (SSSR count). The Hall–Kier alpha value is -1.94. The van der Waals surface area contributed by atoms with Gasteiger partial charge in [-0.2, -0.15) is 0 Å². The SMILES string of the molecule is Cl.Cn1ccnc1C1CNCCN1CC(=O)Nc1ccc(S(C)(=O)=O)cc1. The number of halogens is 1. The molecular formula is C17H24ClN5O3S. The summed E-state index contributed by atoms with van der Waals surface area (Å²) in [4.78, 5) is 19.2. The first-order valence-electron chi connectivity index (χ1n) is 8.36. The second-order valence-electron chi connectivity index (χ2n) is 6.43. The number of hydrogen-bond donors (Lipinski definition) is 2. The molecule has 27 heavy (non-hydrogen) atoms. The monoisotopic (exact) mass is 413 g/mol. The highest BCUT2D eigenvalue weighted by Gasteiger charge is 2.28. The number of imidazole rings is 1. The van der Waals surface area contributed by atoms with Crippen LogP contribution in [0.3, 0.4) is 0 Å². The van der Waals surface area contributed by atoms with Crippen molar-refractivity contribution in [1.29, 1.82) is 0 Å². The van der Waals surface area contributed by atoms with Gasteiger partial charge >= 0.3 is 0 Å². The van der Waals surface area contributed by atoms with E-state index in [0.29, 0.717) is 5.69 Å². The van der Waals surface area contributed by atoms with Gasteiger partial charge in [0.05, 0.1) is 17.5 Å². The molecule has 10 heteroatoms. The van der Waals surface area contributed by atoms with E-state index in [1.807, 2.05) is 17.8 Å². The normalized spacial score (nSPS) is 17.9. The standard InChI is InChI=1S/C17H23N5O3S.ClH/c1-21-9-8-19-17(21)15-11-18-7-10-22(15)12-16(23)20-13-3-5-14(6-4-13)26(2,24)25;/h3-6,8-9,15,18H,7,10-12H2,1-2H3,(H,20,23);1H. The van der Waals surface area contributed by atoms with Gasteiger partial charge in [-0.15, -0.1) is 12.4 Å². The molecule has 1 amide bonds. The van der Waals surface area contributed by atoms with Crippen molar-refractivity contribution >= 4 is 33.8 Å². The number of anilines is 1. The van der Waals surface area contributed by atoms with Gasteiger partial charge in [0.1, 0.15) is 5.82 Å². The fourth-order valence-corrected chi connectivity index (χ4v) is 3.69. The molecule has 1 aromatic heterocycles. The minimum Gasteiger partial charge on any atom is -0.337 e. The fourth-order valence-electron chi connectivity index (χ4n) is 3.06. The van der Waals surface area contributed by atoms with Crippen molar-refractivity contribution in [3.05, 3.63) is 42.5 Å². The van der Waals surface area contributed by atoms with Gasteiger partial charge in [0.25, 0.3) is 0 Å². The summed E-state index contributed by atoms with van der Waals surface area (Å²) in [7, 11) is -1.30. The summed E-state index contributed by atoms with van der Waals surface area (Å²) in [6.07, 6.45) is 4.81. The van der Waals surface area contributed by atoms with Crippen LogP contribution in [0.1, 0.15) is 11.9 Å². The van der Waals surface area contributed by atoms with Crippen molar-refractivity contribution < 1.29 is 13.2 Å². The van der Waals surface area contributed by atoms with E-state index < -0.39 is 9.84 Å². The number of sulfone groups is 1. The Morgan fingerprint density at radius 3 is 2.63 bits per heavy atom. The summed E-state index contributed by atoms with van der Waals surface area (Å²) in [5.41, 5.74) is 0.575. The van der Waals surface area contributed by atoms with Crippen LogP contribution in [0.4, 0.5) is 5.69 Å². The number of nitrogens with one attached hydrogen (secondary N) is 2. The van der Waals surface area contributed by atoms with Crippen LogP contribution in [0, 0.1) is 0 Å². The maximum absolute atomic E-state index is 12.4. The maximum atomic E-state index is 12.4. The van der Waals surface area contributed by atoms with E-state index >= 15 is 0 Å². The molecule has 0 saturated carbocycles. The third-order valence-corrected chi connectivity index (χ3v) is 5.55. The van der Waals surface area contributed by atoms with E-state index in [1.165, 1.54) is 12.1 Å². The average molecular weight is 414 g/mol. The molecular weight excluding hydrogens is 390 g/mol. The van der Waals surface area contributed by atoms with Gasteiger partial charge in [-0.1, -0.05) is 0 Å². The molecule has 1 fully saturated rings. The summed E-state index contributed by atoms with van der Waals surface area (Å²) in [5.74, 6) is 0.778. The topological polar surface area (TPSA) is 96.3 Å². The zero-order valence-corrected chi connectivity index (χ0v) is 16.9. The number of carbonyl (C=O) groups excluding carboxylic acids is 1. The Labute approximate surface area is 165 Å². The molecule has 1 aliphatic heterocycles. The third-order valence-electron chi connectivity index (χ3n) is 4.42. The Kier molecular flexibility index (Phi) is 6.99. The van der Waals surface area contributed by atoms with Crippen LogP contribution < -0.4 is 10.6 Å². The van der Waals surface area contributed by atoms with Gasteiger partial charge < -0.3 is 15.2 Å². The smallest absolute Gasteiger partial charge is 0.238 e. The first-order chi connectivity index (χ1) is 12.3. The highest BCUT2D eigenvalue weighted by Crippen LogP contribution is 2.20. The molecule has 0 bridgehead atoms. The van der Waals surface area contributed by atoms with E-state index in [9.17, 15) is 13.2 Å². The quantitative estimate of drug-likeness (QED) is 0.753. The minimum absolute atomic E-state index is 0. The number of aromatic nitrogens is 2. The molecule has 1 unspecified atom stereocenters. The van der Waals surface area contributed by atoms with Crippen LogP contribution in [-0.2, 0) is 21.7 Å². The van der Waals surface area contributed by atoms with Gasteiger partial charge in [0.2, 0.25) is 5.91 Å². The van der Waals surface area contributed by atoms with Gasteiger partial charge in [0, 0.05) is 51.0 Å². The molecule has 0 aliphatic carbocycles. The lowest BCUT2D eigenvalue weighted by molar-refractivity contribution is -0.118. The molecule has 8 nitrogen and oxygen atoms in total. The first kappa shape index (κ1) is 21.4. The molecule has 0 radical (unpaired) electrons. The van der Waals surface area contributed by atoms with Crippen LogP contribution in [0.2, 0.25) is 0 Å². The van der Waals surface area contributed by atoms with Crippen molar-refractivity contribution in [3.63, 3.8) is 0 Å². The summed E-state index contributed by atoms with van der Waals surface area (Å²) in [6.45, 7) is 2.55. The summed E-state index contributed by atoms with van der Waals surface area (Å²) in [6, 6.07) is 6.21. The zero-order chi connectivity index (χ0) is 18.7. The van der Waals surface area contributed by atoms with E-state index in [2.05, 4.69) is 20.5 Å². The summed E-state index contributed by atoms with van der Waals surface area (Å²) >= 11 is 0. The Morgan fingerprint density at radius 2 is 2.04 bits per heavy atom. The number of hydrogen-bond acceptors (Lipinski definition) is 6. The lowest BCUT2D eigenvalue weighted by atomic mass is 10.1. The van der Waals surface area contributed by atoms with E-state index in [0.717, 1.165) is 31.7 Å². The minimum atomic E-state index is -3.24. The van der Waals surface area contributed by atoms with Gasteiger partial charge in [-0.3, -0.25) is 9.69 Å². The summed E-state index contributed by atoms with van der Waals surface area (Å²) < 4.78 is 25.0. The molecule has 0 spiro atoms. The molecule has 2 N–H and O–H groups in total. The Morgan fingerprint density at radius 1 is 1.33 bits per heavy atom. The predicted molar refractivity (Wildman–Crippen MR) is 106 cm³/mol. The number of amides is 1. The maximum Gasteiger partial charge on any atom is 0.238 e. The zero-order valence-electron chi connectivity index (χ0n) is 15.3. The number of nitrogens with zero attached hydrogens (tertiary/aromatic N) is 3. The van der Waals surface area contributed by atoms with Crippen molar-refractivity contribution in [2.45, 2.75) is 10.9 Å². The molecule has 2 aromatic rings. The largest absolute Gasteiger partial charge is 0.337 e. The van der Waals surface area contributed by atoms with Crippen molar-refractivity contribution in [2.75, 3.05) is 37.8 Å². The highest BCUT2D eigenvalue weighted by molar-refractivity contribution is 7.90. The highest BCUT2D eigenvalue weighted by atomic mass is 35.5. The number of carbonyl (C=O) groups is 1. The predicted octanol–water partition coefficient (Wildman–Crippen LogP) is 0.830. The van der Waals surface area contributed by atoms with Gasteiger partial charge in [-0.05, 0) is 24.3 Å². The molecule has 1 saturated heterocycles. The number of aryl methyl sites for hydroxylation is 1. The van der Waals surface area contributed by atoms with Crippen molar-refractivity contribution in [3.8, 4) is 0 Å². The van der Waals surface area contributed by atoms with Crippen LogP contribution in [0.15, 0.2) is 41.6 Å². The first-order valence-corrected chi connectivity index (χ1v) is 10.3. The summed E-state index contributed by atoms with van der Waals surface area (Å²) in [5, 5.41) is 6.17.